The van der Waals surface area contributed by atoms with Crippen LogP contribution in [0, 0.1) is 5.82 Å². The highest BCUT2D eigenvalue weighted by atomic mass is 19.1. The number of benzene rings is 2. The minimum absolute atomic E-state index is 0.249. The monoisotopic (exact) mass is 439 g/mol. The van der Waals surface area contributed by atoms with Crippen LogP contribution in [0.4, 0.5) is 4.39 Å². The molecule has 1 atom stereocenters. The molecule has 0 saturated carbocycles. The van der Waals surface area contributed by atoms with E-state index in [2.05, 4.69) is 30.5 Å². The van der Waals surface area contributed by atoms with Gasteiger partial charge in [0.2, 0.25) is 0 Å². The van der Waals surface area contributed by atoms with Crippen LogP contribution in [0.2, 0.25) is 0 Å². The van der Waals surface area contributed by atoms with Crippen molar-refractivity contribution in [2.75, 3.05) is 13.2 Å². The van der Waals surface area contributed by atoms with Gasteiger partial charge in [0.1, 0.15) is 23.9 Å². The van der Waals surface area contributed by atoms with Crippen LogP contribution in [-0.4, -0.2) is 29.9 Å². The average Bonchev–Trinajstić information content (AvgIpc) is 3.20. The van der Waals surface area contributed by atoms with Crippen LogP contribution in [0.5, 0.6) is 11.5 Å². The first-order chi connectivity index (χ1) is 15.4. The second-order valence-corrected chi connectivity index (χ2v) is 7.80. The highest BCUT2D eigenvalue weighted by molar-refractivity contribution is 5.76. The third-order valence-corrected chi connectivity index (χ3v) is 5.12. The molecule has 0 saturated heterocycles. The highest BCUT2D eigenvalue weighted by Crippen LogP contribution is 2.27. The lowest BCUT2D eigenvalue weighted by Crippen LogP contribution is -2.25. The quantitative estimate of drug-likeness (QED) is 0.295. The summed E-state index contributed by atoms with van der Waals surface area (Å²) in [6, 6.07) is 17.6. The fraction of sp³-hybridized carbons (Fsp3) is 0.346. The maximum Gasteiger partial charge on any atom is 0.340 e. The molecule has 1 heterocycles. The van der Waals surface area contributed by atoms with Crippen molar-refractivity contribution in [2.45, 2.75) is 46.3 Å². The van der Waals surface area contributed by atoms with E-state index in [0.29, 0.717) is 37.2 Å². The van der Waals surface area contributed by atoms with Crippen LogP contribution in [0.15, 0.2) is 60.7 Å². The van der Waals surface area contributed by atoms with Gasteiger partial charge in [-0.25, -0.2) is 9.18 Å². The molecule has 3 rings (SSSR count). The van der Waals surface area contributed by atoms with E-state index in [-0.39, 0.29) is 5.82 Å². The number of halogens is 1. The number of hydrogen-bond acceptors (Lipinski definition) is 4. The Labute approximate surface area is 188 Å². The van der Waals surface area contributed by atoms with Crippen molar-refractivity contribution >= 4 is 5.97 Å². The van der Waals surface area contributed by atoms with Gasteiger partial charge < -0.3 is 18.8 Å². The van der Waals surface area contributed by atoms with Crippen molar-refractivity contribution < 1.29 is 23.4 Å². The normalized spacial score (nSPS) is 12.1. The van der Waals surface area contributed by atoms with E-state index in [9.17, 15) is 9.18 Å². The molecule has 6 heteroatoms. The molecule has 0 aliphatic heterocycles. The van der Waals surface area contributed by atoms with Gasteiger partial charge in [0.25, 0.3) is 0 Å². The molecule has 0 amide bonds. The van der Waals surface area contributed by atoms with E-state index >= 15 is 0 Å². The Bertz CT molecular complexity index is 1010. The van der Waals surface area contributed by atoms with Gasteiger partial charge in [-0.05, 0) is 86.0 Å². The maximum atomic E-state index is 13.3. The largest absolute Gasteiger partial charge is 0.492 e. The molecule has 1 unspecified atom stereocenters. The zero-order valence-electron chi connectivity index (χ0n) is 19.0. The van der Waals surface area contributed by atoms with E-state index in [1.165, 1.54) is 17.8 Å². The molecule has 0 fully saturated rings. The van der Waals surface area contributed by atoms with Crippen molar-refractivity contribution in [3.63, 3.8) is 0 Å². The van der Waals surface area contributed by atoms with E-state index in [0.717, 1.165) is 11.3 Å². The molecule has 5 nitrogen and oxygen atoms in total. The minimum Gasteiger partial charge on any atom is -0.492 e. The van der Waals surface area contributed by atoms with Crippen molar-refractivity contribution in [3.8, 4) is 22.8 Å². The molecule has 1 aromatic heterocycles. The molecule has 0 aliphatic carbocycles. The number of esters is 1. The Morgan fingerprint density at radius 2 is 1.59 bits per heavy atom. The summed E-state index contributed by atoms with van der Waals surface area (Å²) in [7, 11) is 0. The van der Waals surface area contributed by atoms with Gasteiger partial charge in [0, 0.05) is 18.0 Å². The SMILES string of the molecule is CCOC(C)C(=O)Oc1ccc(OCCn2c(-c3ccc(F)cc3)ccc2C(C)C)cc1. The second-order valence-electron chi connectivity index (χ2n) is 7.80. The van der Waals surface area contributed by atoms with Crippen LogP contribution in [0.1, 0.15) is 39.3 Å². The third kappa shape index (κ3) is 5.98. The molecule has 0 radical (unpaired) electrons. The first kappa shape index (κ1) is 23.5. The summed E-state index contributed by atoms with van der Waals surface area (Å²) in [5.41, 5.74) is 3.19. The van der Waals surface area contributed by atoms with E-state index < -0.39 is 12.1 Å². The molecule has 3 aromatic rings. The van der Waals surface area contributed by atoms with Crippen molar-refractivity contribution in [3.05, 3.63) is 72.2 Å². The summed E-state index contributed by atoms with van der Waals surface area (Å²) in [5.74, 6) is 0.796. The van der Waals surface area contributed by atoms with E-state index in [1.54, 1.807) is 43.3 Å². The Hall–Kier alpha value is -3.12. The van der Waals surface area contributed by atoms with Crippen LogP contribution in [-0.2, 0) is 16.1 Å². The lowest BCUT2D eigenvalue weighted by Gasteiger charge is -2.17. The van der Waals surface area contributed by atoms with Gasteiger partial charge in [-0.2, -0.15) is 0 Å². The summed E-state index contributed by atoms with van der Waals surface area (Å²) in [6.45, 7) is 9.35. The molecule has 0 aliphatic rings. The maximum absolute atomic E-state index is 13.3. The molecule has 170 valence electrons. The molecular weight excluding hydrogens is 409 g/mol. The van der Waals surface area contributed by atoms with E-state index in [1.807, 2.05) is 6.92 Å². The van der Waals surface area contributed by atoms with Crippen LogP contribution in [0.3, 0.4) is 0 Å². The zero-order chi connectivity index (χ0) is 23.1. The van der Waals surface area contributed by atoms with Gasteiger partial charge in [-0.1, -0.05) is 13.8 Å². The molecular formula is C26H30FNO4. The average molecular weight is 440 g/mol. The van der Waals surface area contributed by atoms with Crippen LogP contribution < -0.4 is 9.47 Å². The number of nitrogens with zero attached hydrogens (tertiary/aromatic N) is 1. The van der Waals surface area contributed by atoms with E-state index in [4.69, 9.17) is 14.2 Å². The minimum atomic E-state index is -0.608. The van der Waals surface area contributed by atoms with Crippen LogP contribution >= 0.6 is 0 Å². The lowest BCUT2D eigenvalue weighted by molar-refractivity contribution is -0.145. The third-order valence-electron chi connectivity index (χ3n) is 5.12. The molecule has 0 spiro atoms. The molecule has 2 aromatic carbocycles. The van der Waals surface area contributed by atoms with Gasteiger partial charge in [0.05, 0.1) is 6.54 Å². The Balaban J connectivity index is 1.63. The Morgan fingerprint density at radius 3 is 2.22 bits per heavy atom. The standard InChI is InChI=1S/C26H30FNO4/c1-5-30-19(4)26(29)32-23-12-10-22(11-13-23)31-17-16-28-24(18(2)3)14-15-25(28)20-6-8-21(27)9-7-20/h6-15,18-19H,5,16-17H2,1-4H3. The van der Waals surface area contributed by atoms with Gasteiger partial charge in [-0.3, -0.25) is 0 Å². The number of rotatable bonds is 10. The first-order valence-corrected chi connectivity index (χ1v) is 10.9. The fourth-order valence-electron chi connectivity index (χ4n) is 3.49. The predicted octanol–water partition coefficient (Wildman–Crippen LogP) is 5.83. The molecule has 0 bridgehead atoms. The van der Waals surface area contributed by atoms with Crippen LogP contribution in [0.25, 0.3) is 11.3 Å². The summed E-state index contributed by atoms with van der Waals surface area (Å²) in [6.07, 6.45) is -0.608. The lowest BCUT2D eigenvalue weighted by atomic mass is 10.1. The topological polar surface area (TPSA) is 49.7 Å². The number of hydrogen-bond donors (Lipinski definition) is 0. The van der Waals surface area contributed by atoms with Gasteiger partial charge >= 0.3 is 5.97 Å². The smallest absolute Gasteiger partial charge is 0.340 e. The van der Waals surface area contributed by atoms with Gasteiger partial charge in [-0.15, -0.1) is 0 Å². The first-order valence-electron chi connectivity index (χ1n) is 10.9. The Morgan fingerprint density at radius 1 is 0.938 bits per heavy atom. The fourth-order valence-corrected chi connectivity index (χ4v) is 3.49. The molecule has 0 N–H and O–H groups in total. The van der Waals surface area contributed by atoms with Crippen molar-refractivity contribution in [1.29, 1.82) is 0 Å². The molecule has 32 heavy (non-hydrogen) atoms. The Kier molecular flexibility index (Phi) is 8.06. The highest BCUT2D eigenvalue weighted by Gasteiger charge is 2.15. The number of ether oxygens (including phenoxy) is 3. The number of aromatic nitrogens is 1. The van der Waals surface area contributed by atoms with Crippen molar-refractivity contribution in [2.24, 2.45) is 0 Å². The van der Waals surface area contributed by atoms with Crippen molar-refractivity contribution in [1.82, 2.24) is 4.57 Å². The summed E-state index contributed by atoms with van der Waals surface area (Å²) >= 11 is 0. The van der Waals surface area contributed by atoms with Gasteiger partial charge in [0.15, 0.2) is 6.10 Å². The number of carbonyl (C=O) groups is 1. The second kappa shape index (κ2) is 11.0. The number of carbonyl (C=O) groups excluding carboxylic acids is 1. The summed E-state index contributed by atoms with van der Waals surface area (Å²) in [4.78, 5) is 11.9. The summed E-state index contributed by atoms with van der Waals surface area (Å²) in [5, 5.41) is 0. The summed E-state index contributed by atoms with van der Waals surface area (Å²) < 4.78 is 32.0. The zero-order valence-corrected chi connectivity index (χ0v) is 19.0. The predicted molar refractivity (Wildman–Crippen MR) is 123 cm³/mol.